The molecule has 4 aliphatic carbocycles. The Labute approximate surface area is 145 Å². The molecule has 25 heavy (non-hydrogen) atoms. The number of carbonyl (C=O) groups excluding carboxylic acids is 1. The Morgan fingerprint density at radius 1 is 1.32 bits per heavy atom. The molecule has 7 nitrogen and oxygen atoms in total. The van der Waals surface area contributed by atoms with Gasteiger partial charge in [0.1, 0.15) is 5.82 Å². The third-order valence-electron chi connectivity index (χ3n) is 5.89. The molecule has 0 radical (unpaired) electrons. The lowest BCUT2D eigenvalue weighted by Gasteiger charge is -2.69. The molecule has 4 fully saturated rings. The van der Waals surface area contributed by atoms with E-state index >= 15 is 0 Å². The lowest BCUT2D eigenvalue weighted by molar-refractivity contribution is -0.130. The molecular formula is C17H24FN5O2. The van der Waals surface area contributed by atoms with Crippen LogP contribution < -0.4 is 16.4 Å². The standard InChI is InChI=1S/C17H24FN5O2/c18-9-16-6-17(7-16,8-16)23-14-12(13(19)25)5-20-15(22-14)21-10-1-3-11(24)4-2-10/h5,10-11,24H,1-4,6-9H2,(H2,19,25)(H2,20,21,22,23)/t10-,11-,16?,17?. The van der Waals surface area contributed by atoms with Gasteiger partial charge in [-0.05, 0) is 44.9 Å². The molecule has 0 spiro atoms. The van der Waals surface area contributed by atoms with Crippen LogP contribution in [0.3, 0.4) is 0 Å². The summed E-state index contributed by atoms with van der Waals surface area (Å²) in [6.07, 6.45) is 6.75. The number of nitrogens with zero attached hydrogens (tertiary/aromatic N) is 2. The highest BCUT2D eigenvalue weighted by Gasteiger charge is 2.68. The summed E-state index contributed by atoms with van der Waals surface area (Å²) in [5, 5.41) is 16.2. The van der Waals surface area contributed by atoms with Gasteiger partial charge in [0.15, 0.2) is 0 Å². The van der Waals surface area contributed by atoms with Crippen molar-refractivity contribution >= 4 is 17.7 Å². The van der Waals surface area contributed by atoms with Crippen LogP contribution in [0.5, 0.6) is 0 Å². The van der Waals surface area contributed by atoms with Gasteiger partial charge in [-0.25, -0.2) is 4.98 Å². The van der Waals surface area contributed by atoms with Crippen molar-refractivity contribution in [2.45, 2.75) is 62.6 Å². The molecule has 5 N–H and O–H groups in total. The summed E-state index contributed by atoms with van der Waals surface area (Å²) in [7, 11) is 0. The molecule has 4 aliphatic rings. The molecule has 1 amide bonds. The molecule has 136 valence electrons. The van der Waals surface area contributed by atoms with Crippen LogP contribution in [0.1, 0.15) is 55.3 Å². The Morgan fingerprint density at radius 3 is 2.60 bits per heavy atom. The predicted molar refractivity (Wildman–Crippen MR) is 91.0 cm³/mol. The van der Waals surface area contributed by atoms with Gasteiger partial charge in [0.05, 0.1) is 18.3 Å². The van der Waals surface area contributed by atoms with Crippen molar-refractivity contribution in [1.29, 1.82) is 0 Å². The summed E-state index contributed by atoms with van der Waals surface area (Å²) in [6.45, 7) is -0.288. The summed E-state index contributed by atoms with van der Waals surface area (Å²) in [4.78, 5) is 20.3. The minimum absolute atomic E-state index is 0.156. The smallest absolute Gasteiger partial charge is 0.254 e. The molecule has 0 unspecified atom stereocenters. The average molecular weight is 349 g/mol. The number of alkyl halides is 1. The topological polar surface area (TPSA) is 113 Å². The molecule has 8 heteroatoms. The first-order valence-electron chi connectivity index (χ1n) is 8.88. The van der Waals surface area contributed by atoms with E-state index in [2.05, 4.69) is 20.6 Å². The summed E-state index contributed by atoms with van der Waals surface area (Å²) in [5.74, 6) is 0.287. The predicted octanol–water partition coefficient (Wildman–Crippen LogP) is 1.59. The van der Waals surface area contributed by atoms with E-state index in [4.69, 9.17) is 5.73 Å². The van der Waals surface area contributed by atoms with E-state index in [9.17, 15) is 14.3 Å². The number of aliphatic hydroxyl groups is 1. The number of aromatic nitrogens is 2. The van der Waals surface area contributed by atoms with E-state index in [1.54, 1.807) is 0 Å². The Balaban J connectivity index is 1.48. The number of hydrogen-bond donors (Lipinski definition) is 4. The van der Waals surface area contributed by atoms with Gasteiger partial charge in [-0.2, -0.15) is 4.98 Å². The number of rotatable bonds is 6. The first kappa shape index (κ1) is 16.5. The van der Waals surface area contributed by atoms with Crippen molar-refractivity contribution in [2.75, 3.05) is 17.3 Å². The number of nitrogens with two attached hydrogens (primary N) is 1. The minimum Gasteiger partial charge on any atom is -0.393 e. The lowest BCUT2D eigenvalue weighted by Crippen LogP contribution is -2.71. The third-order valence-corrected chi connectivity index (χ3v) is 5.89. The summed E-state index contributed by atoms with van der Waals surface area (Å²) in [5.41, 5.74) is 5.38. The van der Waals surface area contributed by atoms with Crippen molar-refractivity contribution < 1.29 is 14.3 Å². The monoisotopic (exact) mass is 349 g/mol. The van der Waals surface area contributed by atoms with E-state index in [0.717, 1.165) is 44.9 Å². The number of aliphatic hydroxyl groups excluding tert-OH is 1. The number of carbonyl (C=O) groups is 1. The molecule has 4 saturated carbocycles. The minimum atomic E-state index is -0.582. The summed E-state index contributed by atoms with van der Waals surface area (Å²) in [6, 6.07) is 0.209. The van der Waals surface area contributed by atoms with Gasteiger partial charge in [-0.3, -0.25) is 9.18 Å². The van der Waals surface area contributed by atoms with Crippen LogP contribution in [0, 0.1) is 5.41 Å². The van der Waals surface area contributed by atoms with E-state index in [1.807, 2.05) is 0 Å². The maximum atomic E-state index is 13.0. The average Bonchev–Trinajstić information content (AvgIpc) is 2.51. The van der Waals surface area contributed by atoms with Gasteiger partial charge < -0.3 is 21.5 Å². The fourth-order valence-electron chi connectivity index (χ4n) is 4.65. The zero-order valence-electron chi connectivity index (χ0n) is 14.1. The van der Waals surface area contributed by atoms with E-state index < -0.39 is 5.91 Å². The van der Waals surface area contributed by atoms with Crippen molar-refractivity contribution in [3.8, 4) is 0 Å². The number of primary amides is 1. The SMILES string of the molecule is NC(=O)c1cnc(N[C@H]2CC[C@H](O)CC2)nc1NC12CC(CF)(C1)C2. The normalized spacial score (nSPS) is 36.1. The molecular weight excluding hydrogens is 325 g/mol. The van der Waals surface area contributed by atoms with Crippen LogP contribution in [0.25, 0.3) is 0 Å². The molecule has 1 aromatic rings. The number of amides is 1. The molecule has 5 rings (SSSR count). The molecule has 0 aliphatic heterocycles. The molecule has 2 bridgehead atoms. The second kappa shape index (κ2) is 5.79. The van der Waals surface area contributed by atoms with Gasteiger partial charge in [0.25, 0.3) is 5.91 Å². The fourth-order valence-corrected chi connectivity index (χ4v) is 4.65. The second-order valence-electron chi connectivity index (χ2n) is 8.04. The van der Waals surface area contributed by atoms with Gasteiger partial charge in [0.2, 0.25) is 5.95 Å². The van der Waals surface area contributed by atoms with E-state index in [0.29, 0.717) is 11.8 Å². The number of nitrogens with one attached hydrogen (secondary N) is 2. The lowest BCUT2D eigenvalue weighted by atomic mass is 9.40. The Kier molecular flexibility index (Phi) is 3.82. The van der Waals surface area contributed by atoms with Gasteiger partial charge in [0, 0.05) is 23.2 Å². The molecule has 1 aromatic heterocycles. The van der Waals surface area contributed by atoms with Crippen LogP contribution in [0.4, 0.5) is 16.2 Å². The highest BCUT2D eigenvalue weighted by Crippen LogP contribution is 2.68. The maximum absolute atomic E-state index is 13.0. The van der Waals surface area contributed by atoms with Crippen LogP contribution in [0.15, 0.2) is 6.20 Å². The first-order valence-corrected chi connectivity index (χ1v) is 8.88. The van der Waals surface area contributed by atoms with Crippen molar-refractivity contribution in [1.82, 2.24) is 9.97 Å². The highest BCUT2D eigenvalue weighted by atomic mass is 19.1. The van der Waals surface area contributed by atoms with Crippen molar-refractivity contribution in [2.24, 2.45) is 11.1 Å². The summed E-state index contributed by atoms with van der Waals surface area (Å²) < 4.78 is 13.0. The highest BCUT2D eigenvalue weighted by molar-refractivity contribution is 5.97. The molecule has 0 atom stereocenters. The number of anilines is 2. The van der Waals surface area contributed by atoms with Gasteiger partial charge in [-0.15, -0.1) is 0 Å². The molecule has 0 aromatic carbocycles. The quantitative estimate of drug-likeness (QED) is 0.620. The van der Waals surface area contributed by atoms with E-state index in [1.165, 1.54) is 6.20 Å². The Bertz CT molecular complexity index is 670. The number of hydrogen-bond acceptors (Lipinski definition) is 6. The zero-order valence-corrected chi connectivity index (χ0v) is 14.1. The van der Waals surface area contributed by atoms with Crippen molar-refractivity contribution in [3.05, 3.63) is 11.8 Å². The third kappa shape index (κ3) is 2.92. The van der Waals surface area contributed by atoms with Crippen molar-refractivity contribution in [3.63, 3.8) is 0 Å². The van der Waals surface area contributed by atoms with Gasteiger partial charge >= 0.3 is 0 Å². The Hall–Kier alpha value is -1.96. The molecule has 0 saturated heterocycles. The van der Waals surface area contributed by atoms with Gasteiger partial charge in [-0.1, -0.05) is 0 Å². The van der Waals surface area contributed by atoms with Crippen LogP contribution in [-0.4, -0.2) is 45.3 Å². The maximum Gasteiger partial charge on any atom is 0.254 e. The summed E-state index contributed by atoms with van der Waals surface area (Å²) >= 11 is 0. The number of halogens is 1. The second-order valence-corrected chi connectivity index (χ2v) is 8.04. The van der Waals surface area contributed by atoms with Crippen LogP contribution in [0.2, 0.25) is 0 Å². The Morgan fingerprint density at radius 2 is 2.00 bits per heavy atom. The van der Waals surface area contributed by atoms with Crippen LogP contribution in [-0.2, 0) is 0 Å². The largest absolute Gasteiger partial charge is 0.393 e. The zero-order chi connectivity index (χ0) is 17.7. The van der Waals surface area contributed by atoms with E-state index in [-0.39, 0.29) is 35.3 Å². The molecule has 1 heterocycles. The first-order chi connectivity index (χ1) is 11.9. The van der Waals surface area contributed by atoms with Crippen LogP contribution >= 0.6 is 0 Å². The fraction of sp³-hybridized carbons (Fsp3) is 0.706.